The molecular formula is C14H11BrN4O. The van der Waals surface area contributed by atoms with Gasteiger partial charge in [-0.1, -0.05) is 15.9 Å². The Morgan fingerprint density at radius 1 is 1.25 bits per heavy atom. The minimum absolute atomic E-state index is 0.244. The number of hydrogen-bond acceptors (Lipinski definition) is 3. The van der Waals surface area contributed by atoms with Crippen molar-refractivity contribution in [2.24, 2.45) is 0 Å². The lowest BCUT2D eigenvalue weighted by atomic mass is 10.1. The molecule has 0 bridgehead atoms. The highest BCUT2D eigenvalue weighted by atomic mass is 79.9. The molecule has 0 spiro atoms. The Labute approximate surface area is 123 Å². The number of nitrogen functional groups attached to an aromatic ring is 1. The average molecular weight is 331 g/mol. The number of H-pyrrole nitrogens is 1. The predicted octanol–water partition coefficient (Wildman–Crippen LogP) is 3.16. The first-order chi connectivity index (χ1) is 9.63. The zero-order valence-corrected chi connectivity index (χ0v) is 11.9. The van der Waals surface area contributed by atoms with E-state index in [0.29, 0.717) is 16.9 Å². The third kappa shape index (κ3) is 2.37. The van der Waals surface area contributed by atoms with Crippen LogP contribution in [0.2, 0.25) is 0 Å². The first-order valence-corrected chi connectivity index (χ1v) is 6.72. The number of carbonyl (C=O) groups is 1. The topological polar surface area (TPSA) is 83.8 Å². The van der Waals surface area contributed by atoms with Crippen LogP contribution in [-0.4, -0.2) is 16.1 Å². The normalized spacial score (nSPS) is 10.7. The van der Waals surface area contributed by atoms with Crippen molar-refractivity contribution < 1.29 is 4.79 Å². The van der Waals surface area contributed by atoms with Crippen LogP contribution >= 0.6 is 15.9 Å². The van der Waals surface area contributed by atoms with Crippen molar-refractivity contribution in [2.45, 2.75) is 0 Å². The summed E-state index contributed by atoms with van der Waals surface area (Å²) < 4.78 is 0.808. The SMILES string of the molecule is Nc1ccc(Br)cc1C(=O)Nc1ccc2[nH]ncc2c1. The maximum Gasteiger partial charge on any atom is 0.257 e. The molecule has 0 aliphatic carbocycles. The van der Waals surface area contributed by atoms with Crippen LogP contribution in [0.5, 0.6) is 0 Å². The Hall–Kier alpha value is -2.34. The highest BCUT2D eigenvalue weighted by molar-refractivity contribution is 9.10. The molecule has 5 nitrogen and oxygen atoms in total. The fourth-order valence-electron chi connectivity index (χ4n) is 1.94. The number of aromatic amines is 1. The predicted molar refractivity (Wildman–Crippen MR) is 82.6 cm³/mol. The summed E-state index contributed by atoms with van der Waals surface area (Å²) >= 11 is 3.33. The molecule has 4 N–H and O–H groups in total. The molecule has 0 saturated heterocycles. The molecule has 1 amide bonds. The Bertz CT molecular complexity index is 797. The van der Waals surface area contributed by atoms with Crippen molar-refractivity contribution in [1.82, 2.24) is 10.2 Å². The second kappa shape index (κ2) is 4.97. The summed E-state index contributed by atoms with van der Waals surface area (Å²) in [6.45, 7) is 0. The Morgan fingerprint density at radius 3 is 2.95 bits per heavy atom. The molecule has 0 fully saturated rings. The van der Waals surface area contributed by atoms with Crippen molar-refractivity contribution >= 4 is 44.1 Å². The highest BCUT2D eigenvalue weighted by Gasteiger charge is 2.11. The van der Waals surface area contributed by atoms with Gasteiger partial charge < -0.3 is 11.1 Å². The minimum Gasteiger partial charge on any atom is -0.398 e. The van der Waals surface area contributed by atoms with Gasteiger partial charge in [0.25, 0.3) is 5.91 Å². The van der Waals surface area contributed by atoms with E-state index in [-0.39, 0.29) is 5.91 Å². The maximum absolute atomic E-state index is 12.2. The van der Waals surface area contributed by atoms with E-state index >= 15 is 0 Å². The van der Waals surface area contributed by atoms with E-state index in [1.54, 1.807) is 24.4 Å². The molecule has 1 aromatic heterocycles. The summed E-state index contributed by atoms with van der Waals surface area (Å²) in [6, 6.07) is 10.7. The lowest BCUT2D eigenvalue weighted by molar-refractivity contribution is 0.102. The fraction of sp³-hybridized carbons (Fsp3) is 0. The van der Waals surface area contributed by atoms with Crippen molar-refractivity contribution in [3.8, 4) is 0 Å². The van der Waals surface area contributed by atoms with Crippen LogP contribution in [0, 0.1) is 0 Å². The number of rotatable bonds is 2. The van der Waals surface area contributed by atoms with Gasteiger partial charge >= 0.3 is 0 Å². The Morgan fingerprint density at radius 2 is 2.10 bits per heavy atom. The van der Waals surface area contributed by atoms with Gasteiger partial charge in [0, 0.05) is 21.2 Å². The number of fused-ring (bicyclic) bond motifs is 1. The number of hydrogen-bond donors (Lipinski definition) is 3. The third-order valence-corrected chi connectivity index (χ3v) is 3.45. The van der Waals surface area contributed by atoms with E-state index < -0.39 is 0 Å². The number of aromatic nitrogens is 2. The molecular weight excluding hydrogens is 320 g/mol. The van der Waals surface area contributed by atoms with Crippen LogP contribution < -0.4 is 11.1 Å². The van der Waals surface area contributed by atoms with E-state index in [2.05, 4.69) is 31.4 Å². The Kier molecular flexibility index (Phi) is 3.15. The van der Waals surface area contributed by atoms with Gasteiger partial charge in [0.2, 0.25) is 0 Å². The molecule has 3 rings (SSSR count). The number of benzene rings is 2. The first-order valence-electron chi connectivity index (χ1n) is 5.93. The fourth-order valence-corrected chi connectivity index (χ4v) is 2.31. The van der Waals surface area contributed by atoms with E-state index in [1.165, 1.54) is 0 Å². The van der Waals surface area contributed by atoms with Crippen LogP contribution in [0.4, 0.5) is 11.4 Å². The summed E-state index contributed by atoms with van der Waals surface area (Å²) in [4.78, 5) is 12.2. The van der Waals surface area contributed by atoms with E-state index in [9.17, 15) is 4.79 Å². The quantitative estimate of drug-likeness (QED) is 0.631. The van der Waals surface area contributed by atoms with Crippen LogP contribution in [0.15, 0.2) is 47.1 Å². The van der Waals surface area contributed by atoms with Gasteiger partial charge in [0.15, 0.2) is 0 Å². The van der Waals surface area contributed by atoms with Gasteiger partial charge in [-0.2, -0.15) is 5.10 Å². The molecule has 2 aromatic carbocycles. The number of halogens is 1. The van der Waals surface area contributed by atoms with Gasteiger partial charge in [-0.15, -0.1) is 0 Å². The molecule has 0 aliphatic rings. The van der Waals surface area contributed by atoms with Gasteiger partial charge in [0.05, 0.1) is 17.3 Å². The molecule has 0 radical (unpaired) electrons. The van der Waals surface area contributed by atoms with Crippen molar-refractivity contribution in [3.63, 3.8) is 0 Å². The van der Waals surface area contributed by atoms with Gasteiger partial charge in [0.1, 0.15) is 0 Å². The molecule has 0 atom stereocenters. The Balaban J connectivity index is 1.89. The van der Waals surface area contributed by atoms with E-state index in [4.69, 9.17) is 5.73 Å². The second-order valence-electron chi connectivity index (χ2n) is 4.36. The van der Waals surface area contributed by atoms with Gasteiger partial charge in [-0.25, -0.2) is 0 Å². The van der Waals surface area contributed by atoms with E-state index in [1.807, 2.05) is 18.2 Å². The van der Waals surface area contributed by atoms with Crippen molar-refractivity contribution in [2.75, 3.05) is 11.1 Å². The molecule has 20 heavy (non-hydrogen) atoms. The van der Waals surface area contributed by atoms with Crippen LogP contribution in [-0.2, 0) is 0 Å². The number of anilines is 2. The third-order valence-electron chi connectivity index (χ3n) is 2.96. The van der Waals surface area contributed by atoms with Gasteiger partial charge in [-0.3, -0.25) is 9.89 Å². The largest absolute Gasteiger partial charge is 0.398 e. The van der Waals surface area contributed by atoms with Crippen molar-refractivity contribution in [1.29, 1.82) is 0 Å². The highest BCUT2D eigenvalue weighted by Crippen LogP contribution is 2.21. The number of nitrogens with one attached hydrogen (secondary N) is 2. The lowest BCUT2D eigenvalue weighted by Crippen LogP contribution is -2.14. The van der Waals surface area contributed by atoms with Crippen LogP contribution in [0.25, 0.3) is 10.9 Å². The maximum atomic E-state index is 12.2. The molecule has 3 aromatic rings. The summed E-state index contributed by atoms with van der Waals surface area (Å²) in [5, 5.41) is 10.6. The molecule has 1 heterocycles. The van der Waals surface area contributed by atoms with Crippen molar-refractivity contribution in [3.05, 3.63) is 52.6 Å². The monoisotopic (exact) mass is 330 g/mol. The molecule has 0 aliphatic heterocycles. The number of nitrogens with zero attached hydrogens (tertiary/aromatic N) is 1. The van der Waals surface area contributed by atoms with E-state index in [0.717, 1.165) is 15.4 Å². The molecule has 0 saturated carbocycles. The summed E-state index contributed by atoms with van der Waals surface area (Å²) in [7, 11) is 0. The summed E-state index contributed by atoms with van der Waals surface area (Å²) in [6.07, 6.45) is 1.71. The number of nitrogens with two attached hydrogens (primary N) is 1. The van der Waals surface area contributed by atoms with Crippen LogP contribution in [0.1, 0.15) is 10.4 Å². The molecule has 6 heteroatoms. The zero-order valence-electron chi connectivity index (χ0n) is 10.4. The zero-order chi connectivity index (χ0) is 14.1. The minimum atomic E-state index is -0.244. The average Bonchev–Trinajstić information content (AvgIpc) is 2.89. The smallest absolute Gasteiger partial charge is 0.257 e. The summed E-state index contributed by atoms with van der Waals surface area (Å²) in [5.74, 6) is -0.244. The van der Waals surface area contributed by atoms with Crippen LogP contribution in [0.3, 0.4) is 0 Å². The molecule has 0 unspecified atom stereocenters. The standard InChI is InChI=1S/C14H11BrN4O/c15-9-1-3-12(16)11(6-9)14(20)18-10-2-4-13-8(5-10)7-17-19-13/h1-7H,16H2,(H,17,19)(H,18,20). The van der Waals surface area contributed by atoms with Gasteiger partial charge in [-0.05, 0) is 36.4 Å². The second-order valence-corrected chi connectivity index (χ2v) is 5.27. The molecule has 100 valence electrons. The number of carbonyl (C=O) groups excluding carboxylic acids is 1. The summed E-state index contributed by atoms with van der Waals surface area (Å²) in [5.41, 5.74) is 8.32. The lowest BCUT2D eigenvalue weighted by Gasteiger charge is -2.08. The first kappa shape index (κ1) is 12.7. The number of amides is 1.